The van der Waals surface area contributed by atoms with Gasteiger partial charge in [-0.2, -0.15) is 4.98 Å². The number of ether oxygens (including phenoxy) is 1. The number of rotatable bonds is 6. The number of carbonyl (C=O) groups excluding carboxylic acids is 1. The van der Waals surface area contributed by atoms with Crippen LogP contribution in [0, 0.1) is 11.6 Å². The number of nitrogens with zero attached hydrogens (tertiary/aromatic N) is 4. The van der Waals surface area contributed by atoms with Gasteiger partial charge < -0.3 is 20.3 Å². The van der Waals surface area contributed by atoms with E-state index in [-0.39, 0.29) is 46.2 Å². The summed E-state index contributed by atoms with van der Waals surface area (Å²) in [7, 11) is 0. The second kappa shape index (κ2) is 11.9. The number of anilines is 1. The van der Waals surface area contributed by atoms with E-state index < -0.39 is 17.3 Å². The number of aromatic nitrogens is 2. The van der Waals surface area contributed by atoms with Gasteiger partial charge >= 0.3 is 5.69 Å². The predicted octanol–water partition coefficient (Wildman–Crippen LogP) is 4.71. The standard InChI is InChI=1S/C28H29Cl2F2N5O3S/c1-4-23(38)37-14(2)10-35(11-15(37)3)27-18-8-20(30)24(17-7-19(29)22(32)9-21(17)31)26-25(18)36(28(39)34-27)12-16(13-41-26)40-6-5-33/h4,7-9,14-16H,1,5-6,10-13,33H2,2-3H3. The van der Waals surface area contributed by atoms with E-state index in [9.17, 15) is 14.0 Å². The molecular weight excluding hydrogens is 595 g/mol. The largest absolute Gasteiger partial charge is 0.374 e. The number of amides is 1. The van der Waals surface area contributed by atoms with Gasteiger partial charge in [-0.15, -0.1) is 11.8 Å². The smallest absolute Gasteiger partial charge is 0.350 e. The molecule has 0 bridgehead atoms. The van der Waals surface area contributed by atoms with Crippen molar-refractivity contribution in [3.8, 4) is 11.1 Å². The minimum absolute atomic E-state index is 0.0169. The molecule has 2 N–H and O–H groups in total. The summed E-state index contributed by atoms with van der Waals surface area (Å²) in [5, 5.41) is 0.532. The summed E-state index contributed by atoms with van der Waals surface area (Å²) < 4.78 is 36.7. The third-order valence-corrected chi connectivity index (χ3v) is 9.16. The molecule has 1 fully saturated rings. The first-order valence-electron chi connectivity index (χ1n) is 13.1. The highest BCUT2D eigenvalue weighted by atomic mass is 35.5. The van der Waals surface area contributed by atoms with E-state index in [1.807, 2.05) is 18.7 Å². The van der Waals surface area contributed by atoms with Crippen LogP contribution in [0.25, 0.3) is 22.0 Å². The second-order valence-corrected chi connectivity index (χ2v) is 12.0. The van der Waals surface area contributed by atoms with Crippen LogP contribution in [-0.4, -0.2) is 70.5 Å². The lowest BCUT2D eigenvalue weighted by atomic mass is 10.0. The minimum Gasteiger partial charge on any atom is -0.374 e. The minimum atomic E-state index is -0.890. The van der Waals surface area contributed by atoms with Gasteiger partial charge in [0.25, 0.3) is 0 Å². The summed E-state index contributed by atoms with van der Waals surface area (Å²) in [5.41, 5.74) is 5.98. The molecule has 41 heavy (non-hydrogen) atoms. The van der Waals surface area contributed by atoms with Crippen molar-refractivity contribution < 1.29 is 18.3 Å². The Bertz CT molecular complexity index is 1590. The van der Waals surface area contributed by atoms with Crippen LogP contribution < -0.4 is 16.3 Å². The number of thioether (sulfide) groups is 1. The van der Waals surface area contributed by atoms with Crippen molar-refractivity contribution in [2.24, 2.45) is 5.73 Å². The van der Waals surface area contributed by atoms with E-state index >= 15 is 4.39 Å². The summed E-state index contributed by atoms with van der Waals surface area (Å²) in [6.45, 7) is 9.10. The lowest BCUT2D eigenvalue weighted by Gasteiger charge is -2.44. The van der Waals surface area contributed by atoms with Gasteiger partial charge in [-0.3, -0.25) is 9.36 Å². The van der Waals surface area contributed by atoms with Gasteiger partial charge in [-0.1, -0.05) is 29.8 Å². The third-order valence-electron chi connectivity index (χ3n) is 7.35. The maximum Gasteiger partial charge on any atom is 0.350 e. The van der Waals surface area contributed by atoms with Gasteiger partial charge in [0, 0.05) is 64.9 Å². The first kappa shape index (κ1) is 29.8. The molecule has 2 aliphatic rings. The lowest BCUT2D eigenvalue weighted by Crippen LogP contribution is -2.58. The van der Waals surface area contributed by atoms with Gasteiger partial charge in [-0.05, 0) is 32.1 Å². The summed E-state index contributed by atoms with van der Waals surface area (Å²) in [5.74, 6) is -1.05. The molecule has 3 aromatic rings. The van der Waals surface area contributed by atoms with Gasteiger partial charge in [0.1, 0.15) is 17.5 Å². The van der Waals surface area contributed by atoms with Crippen LogP contribution in [0.2, 0.25) is 10.0 Å². The second-order valence-electron chi connectivity index (χ2n) is 10.2. The number of hydrogen-bond donors (Lipinski definition) is 1. The van der Waals surface area contributed by atoms with Crippen LogP contribution in [0.3, 0.4) is 0 Å². The van der Waals surface area contributed by atoms with Crippen LogP contribution in [-0.2, 0) is 16.1 Å². The molecule has 5 rings (SSSR count). The zero-order valence-corrected chi connectivity index (χ0v) is 24.8. The quantitative estimate of drug-likeness (QED) is 0.314. The molecule has 0 radical (unpaired) electrons. The van der Waals surface area contributed by atoms with Gasteiger partial charge in [-0.25, -0.2) is 13.6 Å². The number of piperazine rings is 1. The Morgan fingerprint density at radius 2 is 1.88 bits per heavy atom. The average Bonchev–Trinajstić information content (AvgIpc) is 3.12. The summed E-state index contributed by atoms with van der Waals surface area (Å²) in [6, 6.07) is 3.20. The van der Waals surface area contributed by atoms with Crippen LogP contribution >= 0.6 is 35.0 Å². The van der Waals surface area contributed by atoms with Crippen molar-refractivity contribution in [2.45, 2.75) is 43.5 Å². The molecule has 0 aliphatic carbocycles. The van der Waals surface area contributed by atoms with Crippen molar-refractivity contribution in [3.05, 3.63) is 63.0 Å². The zero-order chi connectivity index (χ0) is 29.6. The van der Waals surface area contributed by atoms with Gasteiger partial charge in [0.15, 0.2) is 0 Å². The Hall–Kier alpha value is -2.70. The molecule has 3 heterocycles. The number of carbonyl (C=O) groups is 1. The first-order valence-corrected chi connectivity index (χ1v) is 14.9. The van der Waals surface area contributed by atoms with Crippen LogP contribution in [0.4, 0.5) is 14.6 Å². The van der Waals surface area contributed by atoms with E-state index in [0.717, 1.165) is 6.07 Å². The fourth-order valence-electron chi connectivity index (χ4n) is 5.68. The highest BCUT2D eigenvalue weighted by molar-refractivity contribution is 7.99. The van der Waals surface area contributed by atoms with Crippen LogP contribution in [0.15, 0.2) is 40.5 Å². The van der Waals surface area contributed by atoms with Crippen molar-refractivity contribution in [1.82, 2.24) is 14.5 Å². The van der Waals surface area contributed by atoms with Gasteiger partial charge in [0.05, 0.1) is 34.8 Å². The maximum absolute atomic E-state index is 15.2. The number of benzene rings is 2. The molecule has 13 heteroatoms. The molecule has 3 atom stereocenters. The Labute approximate surface area is 250 Å². The van der Waals surface area contributed by atoms with Crippen LogP contribution in [0.5, 0.6) is 0 Å². The average molecular weight is 625 g/mol. The predicted molar refractivity (Wildman–Crippen MR) is 159 cm³/mol. The summed E-state index contributed by atoms with van der Waals surface area (Å²) in [6.07, 6.45) is 0.910. The highest BCUT2D eigenvalue weighted by Crippen LogP contribution is 2.47. The summed E-state index contributed by atoms with van der Waals surface area (Å²) in [4.78, 5) is 34.9. The molecule has 218 valence electrons. The number of nitrogens with two attached hydrogens (primary N) is 1. The molecule has 0 spiro atoms. The van der Waals surface area contributed by atoms with E-state index in [2.05, 4.69) is 11.6 Å². The maximum atomic E-state index is 15.2. The Morgan fingerprint density at radius 3 is 2.54 bits per heavy atom. The lowest BCUT2D eigenvalue weighted by molar-refractivity contribution is -0.130. The molecule has 2 aromatic carbocycles. The zero-order valence-electron chi connectivity index (χ0n) is 22.5. The summed E-state index contributed by atoms with van der Waals surface area (Å²) >= 11 is 14.3. The molecule has 0 saturated carbocycles. The highest BCUT2D eigenvalue weighted by Gasteiger charge is 2.35. The molecule has 1 aromatic heterocycles. The molecular formula is C28H29Cl2F2N5O3S. The molecule has 1 saturated heterocycles. The van der Waals surface area contributed by atoms with E-state index in [0.29, 0.717) is 59.2 Å². The normalized spacial score (nSPS) is 20.8. The fourth-order valence-corrected chi connectivity index (χ4v) is 7.48. The molecule has 1 amide bonds. The van der Waals surface area contributed by atoms with E-state index in [4.69, 9.17) is 33.7 Å². The molecule has 3 unspecified atom stereocenters. The van der Waals surface area contributed by atoms with E-state index in [1.54, 1.807) is 11.0 Å². The van der Waals surface area contributed by atoms with Crippen molar-refractivity contribution in [2.75, 3.05) is 36.9 Å². The number of halogens is 4. The topological polar surface area (TPSA) is 93.7 Å². The molecule has 2 aliphatic heterocycles. The third kappa shape index (κ3) is 5.46. The monoisotopic (exact) mass is 623 g/mol. The first-order chi connectivity index (χ1) is 19.5. The fraction of sp³-hybridized carbons (Fsp3) is 0.393. The van der Waals surface area contributed by atoms with Gasteiger partial charge in [0.2, 0.25) is 5.91 Å². The molecule has 8 nitrogen and oxygen atoms in total. The van der Waals surface area contributed by atoms with Crippen molar-refractivity contribution in [3.63, 3.8) is 0 Å². The Morgan fingerprint density at radius 1 is 1.17 bits per heavy atom. The Balaban J connectivity index is 1.74. The Kier molecular flexibility index (Phi) is 8.63. The van der Waals surface area contributed by atoms with E-state index in [1.165, 1.54) is 28.5 Å². The van der Waals surface area contributed by atoms with Crippen molar-refractivity contribution in [1.29, 1.82) is 0 Å². The van der Waals surface area contributed by atoms with Crippen molar-refractivity contribution >= 4 is 57.6 Å². The number of hydrogen-bond acceptors (Lipinski definition) is 7. The van der Waals surface area contributed by atoms with Crippen LogP contribution in [0.1, 0.15) is 13.8 Å². The SMILES string of the molecule is C=CC(=O)N1C(C)CN(c2nc(=O)n3c4c(c(-c5cc(Cl)c(F)cc5F)c(Cl)cc24)SCC(OCCN)C3)CC1C.